The van der Waals surface area contributed by atoms with Crippen LogP contribution in [-0.2, 0) is 0 Å². The third-order valence-electron chi connectivity index (χ3n) is 3.57. The molecule has 2 nitrogen and oxygen atoms in total. The summed E-state index contributed by atoms with van der Waals surface area (Å²) in [5, 5.41) is 10.9. The largest absolute Gasteiger partial charge is 0.254 e. The lowest BCUT2D eigenvalue weighted by Gasteiger charge is -2.13. The maximum Gasteiger partial charge on any atom is 0.101 e. The molecule has 0 fully saturated rings. The molecule has 2 aromatic carbocycles. The predicted molar refractivity (Wildman–Crippen MR) is 110 cm³/mol. The highest BCUT2D eigenvalue weighted by atomic mass is 35.5. The molecule has 0 bridgehead atoms. The maximum absolute atomic E-state index is 9.23. The number of hydrogen-bond acceptors (Lipinski definition) is 2. The van der Waals surface area contributed by atoms with Crippen LogP contribution in [0.1, 0.15) is 5.56 Å². The van der Waals surface area contributed by atoms with Gasteiger partial charge in [-0.25, -0.2) is 0 Å². The van der Waals surface area contributed by atoms with Crippen LogP contribution in [0.3, 0.4) is 0 Å². The van der Waals surface area contributed by atoms with Crippen LogP contribution in [0.15, 0.2) is 36.5 Å². The lowest BCUT2D eigenvalue weighted by Crippen LogP contribution is -1.93. The van der Waals surface area contributed by atoms with Gasteiger partial charge in [0.1, 0.15) is 6.07 Å². The second-order valence-corrected chi connectivity index (χ2v) is 7.62. The molecule has 0 N–H and O–H groups in total. The first-order valence-corrected chi connectivity index (χ1v) is 9.28. The molecule has 8 heteroatoms. The lowest BCUT2D eigenvalue weighted by atomic mass is 9.98. The van der Waals surface area contributed by atoms with Crippen LogP contribution < -0.4 is 0 Å². The van der Waals surface area contributed by atoms with Gasteiger partial charge in [-0.2, -0.15) is 5.26 Å². The Kier molecular flexibility index (Phi) is 5.89. The third kappa shape index (κ3) is 3.75. The van der Waals surface area contributed by atoms with Crippen molar-refractivity contribution in [2.45, 2.75) is 0 Å². The van der Waals surface area contributed by atoms with Crippen LogP contribution in [0.25, 0.3) is 22.4 Å². The van der Waals surface area contributed by atoms with Gasteiger partial charge in [0.05, 0.1) is 41.4 Å². The van der Waals surface area contributed by atoms with E-state index in [2.05, 4.69) is 11.1 Å². The van der Waals surface area contributed by atoms with Crippen LogP contribution in [0.5, 0.6) is 0 Å². The van der Waals surface area contributed by atoms with E-state index in [-0.39, 0.29) is 20.1 Å². The summed E-state index contributed by atoms with van der Waals surface area (Å²) in [5.74, 6) is 0. The highest BCUT2D eigenvalue weighted by molar-refractivity contribution is 6.49. The number of halogens is 6. The zero-order valence-electron chi connectivity index (χ0n) is 12.6. The molecular weight excluding hydrogens is 457 g/mol. The van der Waals surface area contributed by atoms with Crippen LogP contribution in [0.4, 0.5) is 0 Å². The van der Waals surface area contributed by atoms with Gasteiger partial charge in [0, 0.05) is 17.3 Å². The fourth-order valence-electron chi connectivity index (χ4n) is 2.38. The Hall–Kier alpha value is -1.18. The van der Waals surface area contributed by atoms with Crippen LogP contribution in [0.2, 0.25) is 30.1 Å². The summed E-state index contributed by atoms with van der Waals surface area (Å²) in [4.78, 5) is 4.39. The average Bonchev–Trinajstić information content (AvgIpc) is 2.62. The summed E-state index contributed by atoms with van der Waals surface area (Å²) >= 11 is 36.6. The summed E-state index contributed by atoms with van der Waals surface area (Å²) in [6.45, 7) is 0. The van der Waals surface area contributed by atoms with E-state index in [0.29, 0.717) is 38.0 Å². The van der Waals surface area contributed by atoms with Gasteiger partial charge in [-0.1, -0.05) is 69.6 Å². The quantitative estimate of drug-likeness (QED) is 0.360. The molecule has 0 saturated carbocycles. The molecule has 0 spiro atoms. The van der Waals surface area contributed by atoms with E-state index in [1.807, 2.05) is 0 Å². The molecule has 1 heterocycles. The highest BCUT2D eigenvalue weighted by Crippen LogP contribution is 2.41. The zero-order chi connectivity index (χ0) is 19.0. The molecule has 26 heavy (non-hydrogen) atoms. The van der Waals surface area contributed by atoms with Crippen molar-refractivity contribution in [2.75, 3.05) is 0 Å². The minimum atomic E-state index is 0.251. The molecule has 0 radical (unpaired) electrons. The smallest absolute Gasteiger partial charge is 0.101 e. The zero-order valence-corrected chi connectivity index (χ0v) is 17.2. The predicted octanol–water partition coefficient (Wildman–Crippen LogP) is 8.21. The van der Waals surface area contributed by atoms with Crippen molar-refractivity contribution in [1.29, 1.82) is 5.26 Å². The normalized spacial score (nSPS) is 10.7. The molecule has 0 aliphatic heterocycles. The fourth-order valence-corrected chi connectivity index (χ4v) is 3.57. The van der Waals surface area contributed by atoms with Gasteiger partial charge in [-0.3, -0.25) is 4.98 Å². The van der Waals surface area contributed by atoms with Crippen molar-refractivity contribution in [3.05, 3.63) is 72.2 Å². The molecule has 0 unspecified atom stereocenters. The van der Waals surface area contributed by atoms with Crippen molar-refractivity contribution in [3.8, 4) is 28.5 Å². The number of nitrogens with zero attached hydrogens (tertiary/aromatic N) is 2. The van der Waals surface area contributed by atoms with Crippen LogP contribution >= 0.6 is 69.6 Å². The Balaban J connectivity index is 2.31. The number of benzene rings is 2. The number of hydrogen-bond donors (Lipinski definition) is 0. The van der Waals surface area contributed by atoms with Gasteiger partial charge >= 0.3 is 0 Å². The first kappa shape index (κ1) is 19.6. The molecule has 0 saturated heterocycles. The number of aromatic nitrogens is 1. The molecule has 0 aliphatic carbocycles. The lowest BCUT2D eigenvalue weighted by molar-refractivity contribution is 1.30. The Morgan fingerprint density at radius 3 is 1.62 bits per heavy atom. The second kappa shape index (κ2) is 7.82. The summed E-state index contributed by atoms with van der Waals surface area (Å²) in [6, 6.07) is 10.3. The summed E-state index contributed by atoms with van der Waals surface area (Å²) in [7, 11) is 0. The van der Waals surface area contributed by atoms with E-state index in [9.17, 15) is 5.26 Å². The summed E-state index contributed by atoms with van der Waals surface area (Å²) in [5.41, 5.74) is 2.81. The van der Waals surface area contributed by atoms with Crippen LogP contribution in [0, 0.1) is 11.3 Å². The molecule has 1 aromatic heterocycles. The van der Waals surface area contributed by atoms with Crippen molar-refractivity contribution in [2.24, 2.45) is 0 Å². The highest BCUT2D eigenvalue weighted by Gasteiger charge is 2.16. The molecule has 0 atom stereocenters. The second-order valence-electron chi connectivity index (χ2n) is 5.24. The van der Waals surface area contributed by atoms with Gasteiger partial charge in [0.25, 0.3) is 0 Å². The van der Waals surface area contributed by atoms with Gasteiger partial charge in [-0.05, 0) is 35.9 Å². The molecule has 0 amide bonds. The topological polar surface area (TPSA) is 36.7 Å². The van der Waals surface area contributed by atoms with E-state index in [0.717, 1.165) is 0 Å². The van der Waals surface area contributed by atoms with Gasteiger partial charge in [0.15, 0.2) is 0 Å². The van der Waals surface area contributed by atoms with E-state index < -0.39 is 0 Å². The molecule has 0 aliphatic rings. The number of rotatable bonds is 2. The first-order valence-electron chi connectivity index (χ1n) is 7.01. The average molecular weight is 463 g/mol. The number of nitriles is 1. The van der Waals surface area contributed by atoms with Crippen LogP contribution in [-0.4, -0.2) is 4.98 Å². The van der Waals surface area contributed by atoms with Crippen molar-refractivity contribution in [1.82, 2.24) is 4.98 Å². The SMILES string of the molecule is N#Cc1cnc(-c2cc(Cl)c(Cl)c(Cl)c2)c(-c2cc(Cl)c(Cl)c(Cl)c2)c1. The third-order valence-corrected chi connectivity index (χ3v) is 5.96. The molecular formula is C18H6Cl6N2. The van der Waals surface area contributed by atoms with Crippen molar-refractivity contribution >= 4 is 69.6 Å². The summed E-state index contributed by atoms with van der Waals surface area (Å²) in [6.07, 6.45) is 1.45. The van der Waals surface area contributed by atoms with E-state index in [1.54, 1.807) is 30.3 Å². The maximum atomic E-state index is 9.23. The van der Waals surface area contributed by atoms with E-state index in [4.69, 9.17) is 69.6 Å². The monoisotopic (exact) mass is 460 g/mol. The van der Waals surface area contributed by atoms with Gasteiger partial charge in [-0.15, -0.1) is 0 Å². The Morgan fingerprint density at radius 2 is 1.15 bits per heavy atom. The number of pyridine rings is 1. The Morgan fingerprint density at radius 1 is 0.692 bits per heavy atom. The van der Waals surface area contributed by atoms with Crippen molar-refractivity contribution in [3.63, 3.8) is 0 Å². The standard InChI is InChI=1S/C18H6Cl6N2/c19-12-2-9(3-13(20)16(12)23)11-1-8(6-25)7-26-18(11)10-4-14(21)17(24)15(22)5-10/h1-5,7H. The molecule has 3 rings (SSSR count). The van der Waals surface area contributed by atoms with E-state index >= 15 is 0 Å². The van der Waals surface area contributed by atoms with Gasteiger partial charge in [0.2, 0.25) is 0 Å². The first-order chi connectivity index (χ1) is 12.3. The minimum absolute atomic E-state index is 0.251. The Labute approximate surface area is 179 Å². The van der Waals surface area contributed by atoms with Gasteiger partial charge < -0.3 is 0 Å². The van der Waals surface area contributed by atoms with Crippen molar-refractivity contribution < 1.29 is 0 Å². The molecule has 3 aromatic rings. The molecule has 130 valence electrons. The Bertz CT molecular complexity index is 1030. The summed E-state index contributed by atoms with van der Waals surface area (Å²) < 4.78 is 0. The van der Waals surface area contributed by atoms with E-state index in [1.165, 1.54) is 6.20 Å². The fraction of sp³-hybridized carbons (Fsp3) is 0. The minimum Gasteiger partial charge on any atom is -0.254 e.